The van der Waals surface area contributed by atoms with E-state index in [-0.39, 0.29) is 37.3 Å². The SMILES string of the molecule is COC(=O)[C@H](Cc1ccccc1)NC(=O)[C@@](C)(/C=C/[C@@H]1CCCN1C(=O)[C@@H](NC(=O)[C@H](C)N)[C@@H](C)OCc1ccccc1)Cc1cccc(Cl)c1. The van der Waals surface area contributed by atoms with E-state index in [2.05, 4.69) is 10.6 Å². The Labute approximate surface area is 305 Å². The molecule has 6 atom stereocenters. The Morgan fingerprint density at radius 1 is 0.961 bits per heavy atom. The molecule has 0 spiro atoms. The van der Waals surface area contributed by atoms with Crippen molar-refractivity contribution in [2.75, 3.05) is 13.7 Å². The lowest BCUT2D eigenvalue weighted by molar-refractivity contribution is -0.146. The molecule has 4 rings (SSSR count). The minimum atomic E-state index is -1.15. The van der Waals surface area contributed by atoms with E-state index in [1.54, 1.807) is 43.9 Å². The molecule has 10 nitrogen and oxygen atoms in total. The smallest absolute Gasteiger partial charge is 0.328 e. The molecule has 11 heteroatoms. The average Bonchev–Trinajstić information content (AvgIpc) is 3.60. The number of esters is 1. The van der Waals surface area contributed by atoms with Gasteiger partial charge in [-0.15, -0.1) is 0 Å². The standard InChI is InChI=1S/C40H49ClN4O6/c1-27(42)36(46)44-35(28(2)51-26-30-15-9-6-10-16-30)37(47)45-22-12-19-33(45)20-21-40(3,25-31-17-11-18-32(41)23-31)39(49)43-34(38(48)50-4)24-29-13-7-5-8-14-29/h5-11,13-18,20-21,23,27-28,33-35H,12,19,22,24-26,42H2,1-4H3,(H,43,49)(H,44,46)/b21-20+/t27-,28+,33-,34-,35-,40-/m0/s1. The largest absolute Gasteiger partial charge is 0.467 e. The molecule has 0 bridgehead atoms. The third kappa shape index (κ3) is 11.2. The molecular formula is C40H49ClN4O6. The van der Waals surface area contributed by atoms with E-state index >= 15 is 0 Å². The maximum absolute atomic E-state index is 14.2. The third-order valence-corrected chi connectivity index (χ3v) is 9.36. The number of amides is 3. The van der Waals surface area contributed by atoms with Gasteiger partial charge in [-0.3, -0.25) is 14.4 Å². The van der Waals surface area contributed by atoms with Gasteiger partial charge in [-0.1, -0.05) is 96.5 Å². The van der Waals surface area contributed by atoms with Gasteiger partial charge in [-0.2, -0.15) is 0 Å². The van der Waals surface area contributed by atoms with Crippen molar-refractivity contribution in [1.29, 1.82) is 0 Å². The van der Waals surface area contributed by atoms with Crippen molar-refractivity contribution in [2.24, 2.45) is 11.1 Å². The summed E-state index contributed by atoms with van der Waals surface area (Å²) in [5.74, 6) is -1.70. The highest BCUT2D eigenvalue weighted by atomic mass is 35.5. The zero-order chi connectivity index (χ0) is 37.0. The van der Waals surface area contributed by atoms with Crippen LogP contribution in [-0.4, -0.2) is 72.5 Å². The predicted octanol–water partition coefficient (Wildman–Crippen LogP) is 4.77. The zero-order valence-electron chi connectivity index (χ0n) is 29.7. The van der Waals surface area contributed by atoms with E-state index in [0.29, 0.717) is 18.0 Å². The maximum atomic E-state index is 14.2. The van der Waals surface area contributed by atoms with Crippen molar-refractivity contribution in [1.82, 2.24) is 15.5 Å². The van der Waals surface area contributed by atoms with Gasteiger partial charge in [-0.25, -0.2) is 4.79 Å². The van der Waals surface area contributed by atoms with E-state index in [1.807, 2.05) is 78.9 Å². The van der Waals surface area contributed by atoms with E-state index in [9.17, 15) is 19.2 Å². The lowest BCUT2D eigenvalue weighted by atomic mass is 9.81. The van der Waals surface area contributed by atoms with Crippen LogP contribution in [0.1, 0.15) is 50.3 Å². The van der Waals surface area contributed by atoms with Crippen LogP contribution in [0.15, 0.2) is 97.1 Å². The number of rotatable bonds is 16. The summed E-state index contributed by atoms with van der Waals surface area (Å²) < 4.78 is 11.2. The first-order valence-corrected chi connectivity index (χ1v) is 17.7. The third-order valence-electron chi connectivity index (χ3n) is 9.12. The monoisotopic (exact) mass is 716 g/mol. The van der Waals surface area contributed by atoms with E-state index in [4.69, 9.17) is 26.8 Å². The first-order valence-electron chi connectivity index (χ1n) is 17.3. The van der Waals surface area contributed by atoms with Crippen molar-refractivity contribution >= 4 is 35.3 Å². The maximum Gasteiger partial charge on any atom is 0.328 e. The molecule has 1 aliphatic heterocycles. The summed E-state index contributed by atoms with van der Waals surface area (Å²) in [5.41, 5.74) is 7.34. The fourth-order valence-corrected chi connectivity index (χ4v) is 6.34. The number of nitrogens with zero attached hydrogens (tertiary/aromatic N) is 1. The summed E-state index contributed by atoms with van der Waals surface area (Å²) in [4.78, 5) is 55.8. The van der Waals surface area contributed by atoms with Crippen molar-refractivity contribution in [2.45, 2.75) is 83.3 Å². The fourth-order valence-electron chi connectivity index (χ4n) is 6.13. The van der Waals surface area contributed by atoms with Crippen LogP contribution in [0.4, 0.5) is 0 Å². The number of hydrogen-bond acceptors (Lipinski definition) is 7. The van der Waals surface area contributed by atoms with Crippen LogP contribution in [0.25, 0.3) is 0 Å². The van der Waals surface area contributed by atoms with Crippen molar-refractivity contribution in [3.63, 3.8) is 0 Å². The molecule has 1 saturated heterocycles. The summed E-state index contributed by atoms with van der Waals surface area (Å²) in [6.07, 6.45) is 4.92. The van der Waals surface area contributed by atoms with Crippen LogP contribution < -0.4 is 16.4 Å². The Kier molecular flexibility index (Phi) is 14.4. The second kappa shape index (κ2) is 18.6. The number of likely N-dealkylation sites (tertiary alicyclic amines) is 1. The van der Waals surface area contributed by atoms with Crippen LogP contribution in [0, 0.1) is 5.41 Å². The van der Waals surface area contributed by atoms with Crippen LogP contribution in [0.2, 0.25) is 5.02 Å². The average molecular weight is 717 g/mol. The normalized spacial score (nSPS) is 17.9. The minimum absolute atomic E-state index is 0.250. The lowest BCUT2D eigenvalue weighted by Gasteiger charge is -2.32. The summed E-state index contributed by atoms with van der Waals surface area (Å²) in [5, 5.41) is 6.29. The molecule has 4 N–H and O–H groups in total. The number of carbonyl (C=O) groups is 4. The van der Waals surface area contributed by atoms with E-state index in [0.717, 1.165) is 23.1 Å². The molecule has 0 aliphatic carbocycles. The summed E-state index contributed by atoms with van der Waals surface area (Å²) in [6.45, 7) is 5.83. The Bertz CT molecular complexity index is 1650. The number of nitrogens with two attached hydrogens (primary N) is 1. The fraction of sp³-hybridized carbons (Fsp3) is 0.400. The van der Waals surface area contributed by atoms with Crippen molar-refractivity contribution in [3.05, 3.63) is 119 Å². The quantitative estimate of drug-likeness (QED) is 0.143. The molecule has 0 radical (unpaired) electrons. The van der Waals surface area contributed by atoms with Gasteiger partial charge in [0.1, 0.15) is 12.1 Å². The zero-order valence-corrected chi connectivity index (χ0v) is 30.5. The van der Waals surface area contributed by atoms with Gasteiger partial charge in [-0.05, 0) is 68.9 Å². The summed E-state index contributed by atoms with van der Waals surface area (Å²) in [7, 11) is 1.29. The Morgan fingerprint density at radius 2 is 1.61 bits per heavy atom. The van der Waals surface area contributed by atoms with Gasteiger partial charge < -0.3 is 30.7 Å². The molecule has 3 amide bonds. The summed E-state index contributed by atoms with van der Waals surface area (Å²) >= 11 is 6.32. The molecule has 0 aromatic heterocycles. The highest BCUT2D eigenvalue weighted by Crippen LogP contribution is 2.29. The number of ether oxygens (including phenoxy) is 2. The van der Waals surface area contributed by atoms with E-state index in [1.165, 1.54) is 7.11 Å². The van der Waals surface area contributed by atoms with Crippen LogP contribution in [-0.2, 0) is 48.1 Å². The molecule has 3 aromatic rings. The van der Waals surface area contributed by atoms with Gasteiger partial charge in [0.15, 0.2) is 0 Å². The Morgan fingerprint density at radius 3 is 2.24 bits per heavy atom. The van der Waals surface area contributed by atoms with Gasteiger partial charge in [0.2, 0.25) is 17.7 Å². The van der Waals surface area contributed by atoms with E-state index < -0.39 is 41.5 Å². The number of methoxy groups -OCH3 is 1. The van der Waals surface area contributed by atoms with Gasteiger partial charge in [0, 0.05) is 18.0 Å². The number of carbonyl (C=O) groups excluding carboxylic acids is 4. The highest BCUT2D eigenvalue weighted by molar-refractivity contribution is 6.30. The molecule has 0 unspecified atom stereocenters. The molecule has 3 aromatic carbocycles. The Hall–Kier alpha value is -4.51. The molecule has 51 heavy (non-hydrogen) atoms. The second-order valence-corrected chi connectivity index (χ2v) is 13.8. The first-order chi connectivity index (χ1) is 24.4. The highest BCUT2D eigenvalue weighted by Gasteiger charge is 2.39. The number of nitrogens with one attached hydrogen (secondary N) is 2. The topological polar surface area (TPSA) is 140 Å². The molecule has 1 aliphatic rings. The molecule has 1 heterocycles. The second-order valence-electron chi connectivity index (χ2n) is 13.3. The number of hydrogen-bond donors (Lipinski definition) is 3. The predicted molar refractivity (Wildman–Crippen MR) is 198 cm³/mol. The van der Waals surface area contributed by atoms with Gasteiger partial charge in [0.25, 0.3) is 0 Å². The van der Waals surface area contributed by atoms with Crippen LogP contribution in [0.5, 0.6) is 0 Å². The van der Waals surface area contributed by atoms with Crippen LogP contribution in [0.3, 0.4) is 0 Å². The number of halogens is 1. The minimum Gasteiger partial charge on any atom is -0.467 e. The lowest BCUT2D eigenvalue weighted by Crippen LogP contribution is -2.57. The number of benzene rings is 3. The molecular weight excluding hydrogens is 668 g/mol. The van der Waals surface area contributed by atoms with Gasteiger partial charge in [0.05, 0.1) is 37.3 Å². The Balaban J connectivity index is 1.59. The summed E-state index contributed by atoms with van der Waals surface area (Å²) in [6, 6.07) is 23.2. The van der Waals surface area contributed by atoms with Crippen molar-refractivity contribution in [3.8, 4) is 0 Å². The molecule has 1 fully saturated rings. The molecule has 0 saturated carbocycles. The first kappa shape index (κ1) is 39.3. The molecule has 272 valence electrons. The van der Waals surface area contributed by atoms with Crippen LogP contribution >= 0.6 is 11.6 Å². The van der Waals surface area contributed by atoms with Gasteiger partial charge >= 0.3 is 5.97 Å². The van der Waals surface area contributed by atoms with Crippen molar-refractivity contribution < 1.29 is 28.7 Å².